The monoisotopic (exact) mass is 529 g/mol. The molecule has 0 bridgehead atoms. The molecule has 3 aromatic rings. The summed E-state index contributed by atoms with van der Waals surface area (Å²) in [7, 11) is 0. The lowest BCUT2D eigenvalue weighted by Crippen LogP contribution is -2.32. The van der Waals surface area contributed by atoms with Crippen molar-refractivity contribution < 1.29 is 9.59 Å². The number of halogens is 1. The highest BCUT2D eigenvalue weighted by Crippen LogP contribution is 2.30. The molecule has 1 saturated carbocycles. The average Bonchev–Trinajstić information content (AvgIpc) is 3.44. The molecular formula is C32H36ClN3O2. The van der Waals surface area contributed by atoms with Gasteiger partial charge in [-0.2, -0.15) is 0 Å². The lowest BCUT2D eigenvalue weighted by Gasteiger charge is -2.23. The molecule has 38 heavy (non-hydrogen) atoms. The van der Waals surface area contributed by atoms with E-state index in [0.29, 0.717) is 10.8 Å². The fourth-order valence-electron chi connectivity index (χ4n) is 4.45. The molecule has 1 aliphatic heterocycles. The van der Waals surface area contributed by atoms with Crippen molar-refractivity contribution in [3.05, 3.63) is 95.7 Å². The van der Waals surface area contributed by atoms with Gasteiger partial charge in [-0.05, 0) is 79.8 Å². The van der Waals surface area contributed by atoms with Gasteiger partial charge >= 0.3 is 6.03 Å². The predicted molar refractivity (Wildman–Crippen MR) is 158 cm³/mol. The van der Waals surface area contributed by atoms with E-state index in [1.54, 1.807) is 12.1 Å². The highest BCUT2D eigenvalue weighted by atomic mass is 35.5. The van der Waals surface area contributed by atoms with Gasteiger partial charge in [0.1, 0.15) is 0 Å². The Kier molecular flexibility index (Phi) is 9.99. The van der Waals surface area contributed by atoms with Gasteiger partial charge in [0.2, 0.25) is 0 Å². The zero-order valence-electron chi connectivity index (χ0n) is 22.0. The van der Waals surface area contributed by atoms with Crippen LogP contribution in [0.3, 0.4) is 0 Å². The first kappa shape index (κ1) is 27.5. The number of nitrogens with zero attached hydrogens (tertiary/aromatic N) is 1. The number of rotatable bonds is 7. The largest absolute Gasteiger partial charge is 0.362 e. The minimum atomic E-state index is -0.0326. The van der Waals surface area contributed by atoms with Gasteiger partial charge < -0.3 is 15.5 Å². The summed E-state index contributed by atoms with van der Waals surface area (Å²) in [5.74, 6) is 0.576. The Balaban J connectivity index is 0.000000194. The fraction of sp³-hybridized carbons (Fsp3) is 0.312. The van der Waals surface area contributed by atoms with Crippen LogP contribution in [0.15, 0.2) is 85.1 Å². The number of Topliss-reactive ketones (excluding diaryl/α,β-unsaturated/α-hetero) is 1. The molecule has 5 nitrogen and oxygen atoms in total. The molecule has 0 unspecified atom stereocenters. The van der Waals surface area contributed by atoms with Gasteiger partial charge in [-0.3, -0.25) is 4.79 Å². The first-order chi connectivity index (χ1) is 18.5. The molecule has 2 aliphatic rings. The van der Waals surface area contributed by atoms with Crippen LogP contribution in [0.5, 0.6) is 0 Å². The van der Waals surface area contributed by atoms with Gasteiger partial charge in [-0.25, -0.2) is 4.79 Å². The summed E-state index contributed by atoms with van der Waals surface area (Å²) >= 11 is 5.82. The van der Waals surface area contributed by atoms with Gasteiger partial charge in [0.15, 0.2) is 5.78 Å². The van der Waals surface area contributed by atoms with Crippen molar-refractivity contribution in [3.8, 4) is 11.1 Å². The van der Waals surface area contributed by atoms with Gasteiger partial charge in [0, 0.05) is 41.0 Å². The summed E-state index contributed by atoms with van der Waals surface area (Å²) in [6, 6.07) is 23.5. The molecule has 2 amide bonds. The number of nitrogens with one attached hydrogen (secondary N) is 2. The Labute approximate surface area is 230 Å². The summed E-state index contributed by atoms with van der Waals surface area (Å²) in [4.78, 5) is 25.7. The molecule has 6 heteroatoms. The number of carbonyl (C=O) groups excluding carboxylic acids is 2. The van der Waals surface area contributed by atoms with E-state index in [4.69, 9.17) is 11.6 Å². The van der Waals surface area contributed by atoms with E-state index in [0.717, 1.165) is 73.3 Å². The average molecular weight is 530 g/mol. The number of anilines is 2. The second-order valence-corrected chi connectivity index (χ2v) is 10.2. The summed E-state index contributed by atoms with van der Waals surface area (Å²) in [6.07, 6.45) is 10.6. The van der Waals surface area contributed by atoms with E-state index >= 15 is 0 Å². The number of allylic oxidation sites excluding steroid dienone is 1. The van der Waals surface area contributed by atoms with Gasteiger partial charge in [-0.15, -0.1) is 0 Å². The first-order valence-corrected chi connectivity index (χ1v) is 13.9. The quantitative estimate of drug-likeness (QED) is 0.301. The summed E-state index contributed by atoms with van der Waals surface area (Å²) in [5.41, 5.74) is 4.99. The predicted octanol–water partition coefficient (Wildman–Crippen LogP) is 8.64. The smallest absolute Gasteiger partial charge is 0.321 e. The van der Waals surface area contributed by atoms with Gasteiger partial charge in [0.05, 0.1) is 0 Å². The maximum atomic E-state index is 12.2. The van der Waals surface area contributed by atoms with Crippen LogP contribution >= 0.6 is 11.6 Å². The molecule has 0 radical (unpaired) electrons. The summed E-state index contributed by atoms with van der Waals surface area (Å²) in [5, 5.41) is 6.71. The summed E-state index contributed by atoms with van der Waals surface area (Å²) < 4.78 is 0. The second-order valence-electron chi connectivity index (χ2n) is 9.74. The number of benzene rings is 3. The van der Waals surface area contributed by atoms with Crippen LogP contribution in [0.4, 0.5) is 16.2 Å². The van der Waals surface area contributed by atoms with Crippen LogP contribution in [0.1, 0.15) is 55.8 Å². The maximum Gasteiger partial charge on any atom is 0.321 e. The van der Waals surface area contributed by atoms with E-state index in [-0.39, 0.29) is 11.9 Å². The normalized spacial score (nSPS) is 14.9. The van der Waals surface area contributed by atoms with E-state index < -0.39 is 0 Å². The second kappa shape index (κ2) is 13.8. The minimum absolute atomic E-state index is 0.0326. The zero-order valence-corrected chi connectivity index (χ0v) is 22.7. The third-order valence-electron chi connectivity index (χ3n) is 6.94. The Morgan fingerprint density at radius 1 is 0.895 bits per heavy atom. The molecule has 0 atom stereocenters. The van der Waals surface area contributed by atoms with Crippen molar-refractivity contribution in [2.24, 2.45) is 5.92 Å². The van der Waals surface area contributed by atoms with Crippen LogP contribution in [0, 0.1) is 5.92 Å². The van der Waals surface area contributed by atoms with Crippen LogP contribution in [0.25, 0.3) is 11.1 Å². The number of amides is 2. The van der Waals surface area contributed by atoms with Crippen LogP contribution in [-0.4, -0.2) is 29.8 Å². The topological polar surface area (TPSA) is 61.4 Å². The Hall–Kier alpha value is -3.57. The standard InChI is InChI=1S/C21H23NO.C11H13ClN2O/c1-2-3-15-22-20-13-11-17(12-14-20)16-7-9-19(10-8-16)21(23)18-5-4-6-18;12-9-4-3-5-10(8-9)13-11(15)14-6-1-2-7-14/h3,7-15,18,22H,2,4-6H2,1H3;3-5,8H,1-2,6-7H2,(H,13,15)/b15-3-;. The molecule has 1 aliphatic carbocycles. The Morgan fingerprint density at radius 3 is 2.13 bits per heavy atom. The lowest BCUT2D eigenvalue weighted by atomic mass is 9.80. The Morgan fingerprint density at radius 2 is 1.55 bits per heavy atom. The maximum absolute atomic E-state index is 12.2. The van der Waals surface area contributed by atoms with Crippen molar-refractivity contribution in [3.63, 3.8) is 0 Å². The van der Waals surface area contributed by atoms with Crippen molar-refractivity contribution in [1.29, 1.82) is 0 Å². The van der Waals surface area contributed by atoms with Gasteiger partial charge in [-0.1, -0.05) is 73.5 Å². The molecular weight excluding hydrogens is 494 g/mol. The van der Waals surface area contributed by atoms with Crippen LogP contribution in [0.2, 0.25) is 5.02 Å². The summed E-state index contributed by atoms with van der Waals surface area (Å²) in [6.45, 7) is 3.82. The van der Waals surface area contributed by atoms with E-state index in [9.17, 15) is 9.59 Å². The van der Waals surface area contributed by atoms with Crippen molar-refractivity contribution >= 4 is 34.8 Å². The minimum Gasteiger partial charge on any atom is -0.362 e. The SMILES string of the molecule is CC/C=C\Nc1ccc(-c2ccc(C(=O)C3CCC3)cc2)cc1.O=C(Nc1cccc(Cl)c1)N1CCCC1. The Bertz CT molecular complexity index is 1230. The van der Waals surface area contributed by atoms with Crippen LogP contribution in [-0.2, 0) is 0 Å². The number of ketones is 1. The molecule has 2 fully saturated rings. The van der Waals surface area contributed by atoms with E-state index in [1.165, 1.54) is 6.42 Å². The van der Waals surface area contributed by atoms with E-state index in [1.807, 2.05) is 47.5 Å². The molecule has 1 saturated heterocycles. The molecule has 1 heterocycles. The molecule has 2 N–H and O–H groups in total. The third-order valence-corrected chi connectivity index (χ3v) is 7.17. The number of likely N-dealkylation sites (tertiary alicyclic amines) is 1. The third kappa shape index (κ3) is 7.72. The van der Waals surface area contributed by atoms with E-state index in [2.05, 4.69) is 47.9 Å². The van der Waals surface area contributed by atoms with Crippen LogP contribution < -0.4 is 10.6 Å². The molecule has 0 spiro atoms. The number of urea groups is 1. The number of hydrogen-bond donors (Lipinski definition) is 2. The molecule has 3 aromatic carbocycles. The molecule has 198 valence electrons. The number of hydrogen-bond acceptors (Lipinski definition) is 3. The highest BCUT2D eigenvalue weighted by molar-refractivity contribution is 6.30. The lowest BCUT2D eigenvalue weighted by molar-refractivity contribution is 0.0855. The van der Waals surface area contributed by atoms with Crippen molar-refractivity contribution in [2.75, 3.05) is 23.7 Å². The van der Waals surface area contributed by atoms with Gasteiger partial charge in [0.25, 0.3) is 0 Å². The number of carbonyl (C=O) groups is 2. The highest BCUT2D eigenvalue weighted by Gasteiger charge is 2.26. The molecule has 0 aromatic heterocycles. The van der Waals surface area contributed by atoms with Crippen molar-refractivity contribution in [2.45, 2.75) is 45.4 Å². The molecule has 5 rings (SSSR count). The van der Waals surface area contributed by atoms with Crippen molar-refractivity contribution in [1.82, 2.24) is 4.90 Å². The zero-order chi connectivity index (χ0) is 26.7. The first-order valence-electron chi connectivity index (χ1n) is 13.5. The fourth-order valence-corrected chi connectivity index (χ4v) is 4.64.